The summed E-state index contributed by atoms with van der Waals surface area (Å²) in [6.07, 6.45) is 3.54. The van der Waals surface area contributed by atoms with Gasteiger partial charge in [-0.1, -0.05) is 6.92 Å². The minimum absolute atomic E-state index is 0.375. The van der Waals surface area contributed by atoms with E-state index in [9.17, 15) is 0 Å². The van der Waals surface area contributed by atoms with E-state index >= 15 is 0 Å². The number of nitrogens with one attached hydrogen (secondary N) is 1. The third-order valence-corrected chi connectivity index (χ3v) is 3.94. The van der Waals surface area contributed by atoms with Gasteiger partial charge in [0.05, 0.1) is 6.07 Å². The zero-order valence-corrected chi connectivity index (χ0v) is 11.1. The second-order valence-corrected chi connectivity index (χ2v) is 5.47. The molecule has 1 aliphatic heterocycles. The summed E-state index contributed by atoms with van der Waals surface area (Å²) in [6, 6.07) is 3.03. The number of nitrogens with zero attached hydrogens (tertiary/aromatic N) is 2. The van der Waals surface area contributed by atoms with Crippen molar-refractivity contribution in [3.05, 3.63) is 0 Å². The van der Waals surface area contributed by atoms with Crippen molar-refractivity contribution in [1.29, 1.82) is 5.26 Å². The van der Waals surface area contributed by atoms with Crippen LogP contribution < -0.4 is 5.32 Å². The largest absolute Gasteiger partial charge is 0.303 e. The molecule has 0 aliphatic carbocycles. The van der Waals surface area contributed by atoms with Gasteiger partial charge in [-0.25, -0.2) is 0 Å². The number of hydrogen-bond donors (Lipinski definition) is 1. The molecule has 1 rings (SSSR count). The first-order valence-electron chi connectivity index (χ1n) is 6.35. The van der Waals surface area contributed by atoms with Gasteiger partial charge < -0.3 is 10.2 Å². The zero-order chi connectivity index (χ0) is 12.2. The number of rotatable bonds is 4. The van der Waals surface area contributed by atoms with Gasteiger partial charge in [-0.15, -0.1) is 0 Å². The molecule has 0 radical (unpaired) electrons. The lowest BCUT2D eigenvalue weighted by Crippen LogP contribution is -2.46. The van der Waals surface area contributed by atoms with Crippen LogP contribution in [-0.4, -0.2) is 36.6 Å². The molecule has 0 aromatic heterocycles. The fourth-order valence-corrected chi connectivity index (χ4v) is 2.30. The van der Waals surface area contributed by atoms with Gasteiger partial charge >= 0.3 is 0 Å². The van der Waals surface area contributed by atoms with Crippen molar-refractivity contribution in [2.45, 2.75) is 51.6 Å². The molecule has 1 fully saturated rings. The van der Waals surface area contributed by atoms with Gasteiger partial charge in [-0.3, -0.25) is 0 Å². The number of likely N-dealkylation sites (tertiary alicyclic amines) is 1. The Hall–Kier alpha value is -0.590. The predicted molar refractivity (Wildman–Crippen MR) is 67.1 cm³/mol. The highest BCUT2D eigenvalue weighted by Crippen LogP contribution is 2.22. The van der Waals surface area contributed by atoms with E-state index in [0.717, 1.165) is 18.9 Å². The van der Waals surface area contributed by atoms with Crippen LogP contribution in [-0.2, 0) is 0 Å². The number of hydrogen-bond acceptors (Lipinski definition) is 3. The summed E-state index contributed by atoms with van der Waals surface area (Å²) in [7, 11) is 1.87. The monoisotopic (exact) mass is 223 g/mol. The highest BCUT2D eigenvalue weighted by molar-refractivity contribution is 5.03. The highest BCUT2D eigenvalue weighted by atomic mass is 15.2. The molecule has 3 atom stereocenters. The maximum atomic E-state index is 9.10. The molecule has 0 spiro atoms. The SMILES string of the molecule is CNC(C)(C#N)CCN1CC(C)CCC1C. The average molecular weight is 223 g/mol. The standard InChI is InChI=1S/C13H25N3/c1-11-5-6-12(2)16(9-11)8-7-13(3,10-14)15-4/h11-12,15H,5-9H2,1-4H3. The Morgan fingerprint density at radius 3 is 2.69 bits per heavy atom. The molecule has 3 unspecified atom stereocenters. The molecule has 0 amide bonds. The van der Waals surface area contributed by atoms with Gasteiger partial charge in [0.1, 0.15) is 5.54 Å². The molecule has 3 heteroatoms. The van der Waals surface area contributed by atoms with Gasteiger partial charge in [-0.2, -0.15) is 5.26 Å². The fraction of sp³-hybridized carbons (Fsp3) is 0.923. The maximum absolute atomic E-state index is 9.10. The predicted octanol–water partition coefficient (Wildman–Crippen LogP) is 2.00. The van der Waals surface area contributed by atoms with Crippen LogP contribution in [0.2, 0.25) is 0 Å². The number of piperidine rings is 1. The minimum atomic E-state index is -0.375. The Bertz CT molecular complexity index is 258. The van der Waals surface area contributed by atoms with Crippen LogP contribution in [0.1, 0.15) is 40.0 Å². The van der Waals surface area contributed by atoms with Crippen molar-refractivity contribution in [2.24, 2.45) is 5.92 Å². The normalized spacial score (nSPS) is 30.7. The lowest BCUT2D eigenvalue weighted by Gasteiger charge is -2.38. The first-order valence-corrected chi connectivity index (χ1v) is 6.35. The lowest BCUT2D eigenvalue weighted by molar-refractivity contribution is 0.116. The molecule has 1 N–H and O–H groups in total. The van der Waals surface area contributed by atoms with Crippen LogP contribution in [0.5, 0.6) is 0 Å². The third-order valence-electron chi connectivity index (χ3n) is 3.94. The van der Waals surface area contributed by atoms with E-state index in [0.29, 0.717) is 6.04 Å². The number of nitriles is 1. The van der Waals surface area contributed by atoms with Gasteiger partial charge in [-0.05, 0) is 46.1 Å². The van der Waals surface area contributed by atoms with Crippen LogP contribution in [0, 0.1) is 17.2 Å². The van der Waals surface area contributed by atoms with Crippen molar-refractivity contribution in [3.63, 3.8) is 0 Å². The lowest BCUT2D eigenvalue weighted by atomic mass is 9.93. The summed E-state index contributed by atoms with van der Waals surface area (Å²) in [5.74, 6) is 0.805. The second-order valence-electron chi connectivity index (χ2n) is 5.47. The molecule has 16 heavy (non-hydrogen) atoms. The van der Waals surface area contributed by atoms with E-state index in [-0.39, 0.29) is 5.54 Å². The topological polar surface area (TPSA) is 39.1 Å². The Balaban J connectivity index is 2.45. The van der Waals surface area contributed by atoms with E-state index in [4.69, 9.17) is 5.26 Å². The molecule has 1 aliphatic rings. The van der Waals surface area contributed by atoms with Crippen molar-refractivity contribution >= 4 is 0 Å². The van der Waals surface area contributed by atoms with Crippen LogP contribution in [0.25, 0.3) is 0 Å². The Morgan fingerprint density at radius 1 is 1.44 bits per heavy atom. The summed E-state index contributed by atoms with van der Waals surface area (Å²) in [5.41, 5.74) is -0.375. The highest BCUT2D eigenvalue weighted by Gasteiger charge is 2.26. The minimum Gasteiger partial charge on any atom is -0.303 e. The Labute approximate surface area is 99.8 Å². The van der Waals surface area contributed by atoms with Gasteiger partial charge in [0.25, 0.3) is 0 Å². The first kappa shape index (κ1) is 13.5. The molecule has 92 valence electrons. The van der Waals surface area contributed by atoms with E-state index < -0.39 is 0 Å². The molecule has 3 nitrogen and oxygen atoms in total. The van der Waals surface area contributed by atoms with Crippen LogP contribution in [0.4, 0.5) is 0 Å². The quantitative estimate of drug-likeness (QED) is 0.792. The molecular formula is C13H25N3. The molecule has 0 aromatic rings. The van der Waals surface area contributed by atoms with Gasteiger partial charge in [0, 0.05) is 19.1 Å². The van der Waals surface area contributed by atoms with Crippen LogP contribution in [0.15, 0.2) is 0 Å². The molecular weight excluding hydrogens is 198 g/mol. The van der Waals surface area contributed by atoms with E-state index in [2.05, 4.69) is 30.1 Å². The summed E-state index contributed by atoms with van der Waals surface area (Å²) in [4.78, 5) is 2.53. The summed E-state index contributed by atoms with van der Waals surface area (Å²) >= 11 is 0. The van der Waals surface area contributed by atoms with Gasteiger partial charge in [0.15, 0.2) is 0 Å². The fourth-order valence-electron chi connectivity index (χ4n) is 2.30. The van der Waals surface area contributed by atoms with Crippen molar-refractivity contribution in [1.82, 2.24) is 10.2 Å². The maximum Gasteiger partial charge on any atom is 0.104 e. The average Bonchev–Trinajstić information content (AvgIpc) is 2.30. The smallest absolute Gasteiger partial charge is 0.104 e. The van der Waals surface area contributed by atoms with Crippen molar-refractivity contribution in [2.75, 3.05) is 20.1 Å². The van der Waals surface area contributed by atoms with Crippen LogP contribution in [0.3, 0.4) is 0 Å². The van der Waals surface area contributed by atoms with Crippen molar-refractivity contribution in [3.8, 4) is 6.07 Å². The van der Waals surface area contributed by atoms with E-state index in [1.54, 1.807) is 0 Å². The summed E-state index contributed by atoms with van der Waals surface area (Å²) < 4.78 is 0. The summed E-state index contributed by atoms with van der Waals surface area (Å²) in [5, 5.41) is 12.2. The zero-order valence-electron chi connectivity index (χ0n) is 11.1. The molecule has 0 bridgehead atoms. The Kier molecular flexibility index (Phi) is 4.76. The summed E-state index contributed by atoms with van der Waals surface area (Å²) in [6.45, 7) is 8.81. The first-order chi connectivity index (χ1) is 7.50. The molecule has 0 aromatic carbocycles. The molecule has 1 saturated heterocycles. The third kappa shape index (κ3) is 3.47. The van der Waals surface area contributed by atoms with E-state index in [1.165, 1.54) is 19.4 Å². The van der Waals surface area contributed by atoms with Crippen LogP contribution >= 0.6 is 0 Å². The van der Waals surface area contributed by atoms with E-state index in [1.807, 2.05) is 14.0 Å². The second kappa shape index (κ2) is 5.65. The van der Waals surface area contributed by atoms with Gasteiger partial charge in [0.2, 0.25) is 0 Å². The van der Waals surface area contributed by atoms with Crippen molar-refractivity contribution < 1.29 is 0 Å². The Morgan fingerprint density at radius 2 is 2.12 bits per heavy atom. The molecule has 0 saturated carbocycles. The molecule has 1 heterocycles.